The van der Waals surface area contributed by atoms with Crippen LogP contribution in [0.25, 0.3) is 0 Å². The van der Waals surface area contributed by atoms with E-state index in [1.54, 1.807) is 36.9 Å². The lowest BCUT2D eigenvalue weighted by molar-refractivity contribution is -0.384. The Kier molecular flexibility index (Phi) is 6.16. The number of benzene rings is 1. The molecular formula is C20H24N4O5. The Balaban J connectivity index is 1.43. The summed E-state index contributed by atoms with van der Waals surface area (Å²) in [5, 5.41) is 13.5. The van der Waals surface area contributed by atoms with E-state index in [-0.39, 0.29) is 30.5 Å². The fourth-order valence-corrected chi connectivity index (χ4v) is 3.39. The number of amides is 2. The molecule has 154 valence electrons. The van der Waals surface area contributed by atoms with E-state index in [4.69, 9.17) is 4.42 Å². The summed E-state index contributed by atoms with van der Waals surface area (Å²) in [5.74, 6) is 0.993. The summed E-state index contributed by atoms with van der Waals surface area (Å²) in [4.78, 5) is 38.8. The fourth-order valence-electron chi connectivity index (χ4n) is 3.39. The van der Waals surface area contributed by atoms with Crippen molar-refractivity contribution in [2.45, 2.75) is 20.3 Å². The number of anilines is 1. The monoisotopic (exact) mass is 400 g/mol. The smallest absolute Gasteiger partial charge is 0.269 e. The second-order valence-electron chi connectivity index (χ2n) is 6.97. The zero-order chi connectivity index (χ0) is 21.0. The van der Waals surface area contributed by atoms with Gasteiger partial charge in [-0.2, -0.15) is 0 Å². The van der Waals surface area contributed by atoms with Crippen molar-refractivity contribution in [2.24, 2.45) is 0 Å². The van der Waals surface area contributed by atoms with Gasteiger partial charge in [-0.1, -0.05) is 0 Å². The van der Waals surface area contributed by atoms with Crippen LogP contribution in [-0.2, 0) is 4.79 Å². The first-order valence-electron chi connectivity index (χ1n) is 9.47. The van der Waals surface area contributed by atoms with E-state index in [1.807, 2.05) is 0 Å². The van der Waals surface area contributed by atoms with Gasteiger partial charge in [0, 0.05) is 57.0 Å². The molecule has 1 N–H and O–H groups in total. The third kappa shape index (κ3) is 4.92. The quantitative estimate of drug-likeness (QED) is 0.589. The molecule has 1 saturated heterocycles. The van der Waals surface area contributed by atoms with E-state index in [0.29, 0.717) is 43.3 Å². The molecule has 0 bridgehead atoms. The van der Waals surface area contributed by atoms with Crippen LogP contribution in [0.3, 0.4) is 0 Å². The Hall–Kier alpha value is -3.36. The van der Waals surface area contributed by atoms with Gasteiger partial charge in [0.05, 0.1) is 10.5 Å². The molecule has 29 heavy (non-hydrogen) atoms. The highest BCUT2D eigenvalue weighted by Crippen LogP contribution is 2.20. The number of carbonyl (C=O) groups is 2. The second kappa shape index (κ2) is 8.76. The molecule has 0 spiro atoms. The number of aryl methyl sites for hydroxylation is 2. The molecule has 9 heteroatoms. The van der Waals surface area contributed by atoms with Crippen molar-refractivity contribution in [3.8, 4) is 0 Å². The van der Waals surface area contributed by atoms with E-state index in [9.17, 15) is 19.7 Å². The fraction of sp³-hybridized carbons (Fsp3) is 0.400. The van der Waals surface area contributed by atoms with E-state index < -0.39 is 4.92 Å². The molecule has 2 aromatic rings. The van der Waals surface area contributed by atoms with Gasteiger partial charge >= 0.3 is 0 Å². The lowest BCUT2D eigenvalue weighted by Gasteiger charge is -2.36. The Morgan fingerprint density at radius 1 is 1.14 bits per heavy atom. The van der Waals surface area contributed by atoms with E-state index in [1.165, 1.54) is 12.1 Å². The molecule has 0 saturated carbocycles. The molecule has 0 unspecified atom stereocenters. The zero-order valence-corrected chi connectivity index (χ0v) is 16.5. The summed E-state index contributed by atoms with van der Waals surface area (Å²) < 4.78 is 5.35. The predicted molar refractivity (Wildman–Crippen MR) is 107 cm³/mol. The molecule has 2 amide bonds. The lowest BCUT2D eigenvalue weighted by Crippen LogP contribution is -2.49. The second-order valence-corrected chi connectivity index (χ2v) is 6.97. The minimum absolute atomic E-state index is 0.00579. The highest BCUT2D eigenvalue weighted by molar-refractivity contribution is 5.95. The molecule has 1 fully saturated rings. The maximum Gasteiger partial charge on any atom is 0.269 e. The van der Waals surface area contributed by atoms with E-state index in [0.717, 1.165) is 5.69 Å². The summed E-state index contributed by atoms with van der Waals surface area (Å²) in [5.41, 5.74) is 1.46. The van der Waals surface area contributed by atoms with Gasteiger partial charge in [0.15, 0.2) is 0 Å². The third-order valence-corrected chi connectivity index (χ3v) is 4.97. The van der Waals surface area contributed by atoms with Crippen LogP contribution < -0.4 is 10.2 Å². The average molecular weight is 400 g/mol. The van der Waals surface area contributed by atoms with Crippen LogP contribution >= 0.6 is 0 Å². The van der Waals surface area contributed by atoms with Gasteiger partial charge in [-0.25, -0.2) is 0 Å². The Bertz CT molecular complexity index is 898. The van der Waals surface area contributed by atoms with Crippen LogP contribution in [0.4, 0.5) is 11.4 Å². The van der Waals surface area contributed by atoms with Crippen molar-refractivity contribution >= 4 is 23.2 Å². The first-order valence-corrected chi connectivity index (χ1v) is 9.47. The van der Waals surface area contributed by atoms with Crippen molar-refractivity contribution in [3.63, 3.8) is 0 Å². The van der Waals surface area contributed by atoms with Gasteiger partial charge in [0.25, 0.3) is 11.6 Å². The number of furan rings is 1. The molecule has 0 atom stereocenters. The summed E-state index contributed by atoms with van der Waals surface area (Å²) in [6, 6.07) is 8.11. The van der Waals surface area contributed by atoms with Gasteiger partial charge in [-0.05, 0) is 32.0 Å². The van der Waals surface area contributed by atoms with Gasteiger partial charge in [0.2, 0.25) is 5.91 Å². The molecule has 0 radical (unpaired) electrons. The van der Waals surface area contributed by atoms with Crippen LogP contribution in [-0.4, -0.2) is 54.4 Å². The van der Waals surface area contributed by atoms with Gasteiger partial charge < -0.3 is 19.5 Å². The molecule has 0 aliphatic carbocycles. The van der Waals surface area contributed by atoms with E-state index >= 15 is 0 Å². The molecule has 3 rings (SSSR count). The number of nitro groups is 1. The number of piperazine rings is 1. The summed E-state index contributed by atoms with van der Waals surface area (Å²) in [6.07, 6.45) is 0.235. The Labute approximate surface area is 168 Å². The highest BCUT2D eigenvalue weighted by atomic mass is 16.6. The first kappa shape index (κ1) is 20.4. The number of nitrogens with one attached hydrogen (secondary N) is 1. The molecular weight excluding hydrogens is 376 g/mol. The molecule has 2 heterocycles. The van der Waals surface area contributed by atoms with Crippen molar-refractivity contribution in [3.05, 3.63) is 57.5 Å². The number of nitro benzene ring substituents is 1. The molecule has 1 aromatic heterocycles. The average Bonchev–Trinajstić information content (AvgIpc) is 3.06. The Morgan fingerprint density at radius 3 is 2.34 bits per heavy atom. The minimum atomic E-state index is -0.422. The van der Waals surface area contributed by atoms with Crippen LogP contribution in [0.5, 0.6) is 0 Å². The normalized spacial score (nSPS) is 14.0. The summed E-state index contributed by atoms with van der Waals surface area (Å²) in [6.45, 7) is 6.24. The van der Waals surface area contributed by atoms with Crippen LogP contribution in [0.15, 0.2) is 34.7 Å². The molecule has 1 aliphatic rings. The number of non-ortho nitro benzene ring substituents is 1. The topological polar surface area (TPSA) is 109 Å². The van der Waals surface area contributed by atoms with Crippen LogP contribution in [0.2, 0.25) is 0 Å². The van der Waals surface area contributed by atoms with Crippen molar-refractivity contribution in [1.29, 1.82) is 0 Å². The largest absolute Gasteiger partial charge is 0.466 e. The molecule has 1 aromatic carbocycles. The highest BCUT2D eigenvalue weighted by Gasteiger charge is 2.22. The standard InChI is InChI=1S/C20H24N4O5/c1-14-13-18(15(2)29-14)20(26)21-8-7-19(25)23-11-9-22(10-12-23)16-3-5-17(6-4-16)24(27)28/h3-6,13H,7-12H2,1-2H3,(H,21,26). The van der Waals surface area contributed by atoms with Gasteiger partial charge in [0.1, 0.15) is 11.5 Å². The minimum Gasteiger partial charge on any atom is -0.466 e. The first-order chi connectivity index (χ1) is 13.8. The number of hydrogen-bond donors (Lipinski definition) is 1. The number of rotatable bonds is 6. The van der Waals surface area contributed by atoms with Gasteiger partial charge in [-0.15, -0.1) is 0 Å². The maximum atomic E-state index is 12.4. The lowest BCUT2D eigenvalue weighted by atomic mass is 10.2. The zero-order valence-electron chi connectivity index (χ0n) is 16.5. The van der Waals surface area contributed by atoms with Crippen molar-refractivity contribution in [1.82, 2.24) is 10.2 Å². The summed E-state index contributed by atoms with van der Waals surface area (Å²) in [7, 11) is 0. The predicted octanol–water partition coefficient (Wildman–Crippen LogP) is 2.27. The van der Waals surface area contributed by atoms with Gasteiger partial charge in [-0.3, -0.25) is 19.7 Å². The van der Waals surface area contributed by atoms with Crippen LogP contribution in [0.1, 0.15) is 28.3 Å². The van der Waals surface area contributed by atoms with Crippen molar-refractivity contribution in [2.75, 3.05) is 37.6 Å². The molecule has 1 aliphatic heterocycles. The number of hydrogen-bond acceptors (Lipinski definition) is 6. The Morgan fingerprint density at radius 2 is 1.79 bits per heavy atom. The number of carbonyl (C=O) groups excluding carboxylic acids is 2. The third-order valence-electron chi connectivity index (χ3n) is 4.97. The molecule has 9 nitrogen and oxygen atoms in total. The van der Waals surface area contributed by atoms with Crippen molar-refractivity contribution < 1.29 is 18.9 Å². The SMILES string of the molecule is Cc1cc(C(=O)NCCC(=O)N2CCN(c3ccc([N+](=O)[O-])cc3)CC2)c(C)o1. The summed E-state index contributed by atoms with van der Waals surface area (Å²) >= 11 is 0. The van der Waals surface area contributed by atoms with Crippen LogP contribution in [0, 0.1) is 24.0 Å². The van der Waals surface area contributed by atoms with E-state index in [2.05, 4.69) is 10.2 Å². The number of nitrogens with zero attached hydrogens (tertiary/aromatic N) is 3. The maximum absolute atomic E-state index is 12.4.